The molecule has 5 nitrogen and oxygen atoms in total. The Balaban J connectivity index is 2.15. The fraction of sp³-hybridized carbons (Fsp3) is 0.400. The minimum Gasteiger partial charge on any atom is -0.422 e. The highest BCUT2D eigenvalue weighted by molar-refractivity contribution is 7.11. The Hall–Kier alpha value is -2.13. The molecule has 0 saturated heterocycles. The second kappa shape index (κ2) is 7.04. The number of thiophene rings is 1. The Morgan fingerprint density at radius 3 is 2.86 bits per heavy atom. The summed E-state index contributed by atoms with van der Waals surface area (Å²) < 4.78 is 5.64. The number of nitrogens with one attached hydrogen (secondary N) is 1. The van der Waals surface area contributed by atoms with Crippen molar-refractivity contribution in [1.29, 1.82) is 5.26 Å². The average molecular weight is 302 g/mol. The number of rotatable bonds is 6. The predicted molar refractivity (Wildman–Crippen MR) is 84.8 cm³/mol. The monoisotopic (exact) mass is 302 g/mol. The molecule has 0 spiro atoms. The summed E-state index contributed by atoms with van der Waals surface area (Å²) >= 11 is 1.61. The molecule has 6 heteroatoms. The number of hydrazone groups is 1. The van der Waals surface area contributed by atoms with E-state index in [1.807, 2.05) is 24.4 Å². The van der Waals surface area contributed by atoms with E-state index in [4.69, 9.17) is 9.68 Å². The molecular formula is C15H18N4OS. The van der Waals surface area contributed by atoms with Crippen LogP contribution in [0.4, 0.5) is 5.88 Å². The minimum atomic E-state index is 0.233. The van der Waals surface area contributed by atoms with E-state index in [9.17, 15) is 0 Å². The predicted octanol–water partition coefficient (Wildman–Crippen LogP) is 4.27. The number of aromatic nitrogens is 1. The maximum Gasteiger partial charge on any atom is 0.252 e. The van der Waals surface area contributed by atoms with Crippen LogP contribution < -0.4 is 5.43 Å². The first kappa shape index (κ1) is 15.3. The van der Waals surface area contributed by atoms with Crippen molar-refractivity contribution in [1.82, 2.24) is 4.98 Å². The standard InChI is InChI=1S/C15H18N4OS/c1-4-11(5-2)14-18-12(8-16)15(20-14)19-17-9-13-10(3)6-7-21-13/h6-7,9,11,19H,4-5H2,1-3H3. The number of nitrogens with zero attached hydrogens (tertiary/aromatic N) is 3. The van der Waals surface area contributed by atoms with Crippen molar-refractivity contribution in [3.8, 4) is 6.07 Å². The molecule has 0 unspecified atom stereocenters. The summed E-state index contributed by atoms with van der Waals surface area (Å²) in [7, 11) is 0. The van der Waals surface area contributed by atoms with Crippen LogP contribution in [0.1, 0.15) is 54.6 Å². The van der Waals surface area contributed by atoms with Crippen LogP contribution >= 0.6 is 11.3 Å². The Morgan fingerprint density at radius 1 is 1.52 bits per heavy atom. The van der Waals surface area contributed by atoms with E-state index in [1.165, 1.54) is 5.56 Å². The lowest BCUT2D eigenvalue weighted by Crippen LogP contribution is -1.95. The Labute approximate surface area is 128 Å². The van der Waals surface area contributed by atoms with Crippen LogP contribution in [0.15, 0.2) is 21.0 Å². The van der Waals surface area contributed by atoms with E-state index >= 15 is 0 Å². The van der Waals surface area contributed by atoms with Crippen molar-refractivity contribution in [2.45, 2.75) is 39.5 Å². The molecule has 0 aliphatic carbocycles. The maximum atomic E-state index is 9.12. The largest absolute Gasteiger partial charge is 0.422 e. The van der Waals surface area contributed by atoms with Crippen molar-refractivity contribution in [2.24, 2.45) is 5.10 Å². The van der Waals surface area contributed by atoms with Crippen molar-refractivity contribution in [3.63, 3.8) is 0 Å². The van der Waals surface area contributed by atoms with Crippen LogP contribution in [0.25, 0.3) is 0 Å². The van der Waals surface area contributed by atoms with Gasteiger partial charge in [-0.05, 0) is 36.8 Å². The fourth-order valence-corrected chi connectivity index (χ4v) is 2.75. The molecule has 0 aliphatic rings. The molecule has 1 N–H and O–H groups in total. The highest BCUT2D eigenvalue weighted by atomic mass is 32.1. The van der Waals surface area contributed by atoms with Crippen LogP contribution in [0, 0.1) is 18.3 Å². The van der Waals surface area contributed by atoms with E-state index in [0.29, 0.717) is 11.8 Å². The third-order valence-electron chi connectivity index (χ3n) is 3.33. The zero-order valence-corrected chi connectivity index (χ0v) is 13.2. The number of nitriles is 1. The number of aryl methyl sites for hydroxylation is 1. The summed E-state index contributed by atoms with van der Waals surface area (Å²) in [4.78, 5) is 5.31. The molecule has 110 valence electrons. The lowest BCUT2D eigenvalue weighted by molar-refractivity contribution is 0.439. The number of anilines is 1. The molecule has 0 aliphatic heterocycles. The SMILES string of the molecule is CCC(CC)c1nc(C#N)c(NN=Cc2sccc2C)o1. The molecule has 0 atom stereocenters. The van der Waals surface area contributed by atoms with Crippen LogP contribution in [0.3, 0.4) is 0 Å². The second-order valence-corrected chi connectivity index (χ2v) is 5.64. The highest BCUT2D eigenvalue weighted by Gasteiger charge is 2.18. The molecule has 0 aromatic carbocycles. The first-order valence-electron chi connectivity index (χ1n) is 6.93. The van der Waals surface area contributed by atoms with Gasteiger partial charge < -0.3 is 4.42 Å². The summed E-state index contributed by atoms with van der Waals surface area (Å²) in [5, 5.41) is 15.3. The normalized spacial score (nSPS) is 11.2. The summed E-state index contributed by atoms with van der Waals surface area (Å²) in [6, 6.07) is 4.07. The summed E-state index contributed by atoms with van der Waals surface area (Å²) in [6.45, 7) is 6.18. The lowest BCUT2D eigenvalue weighted by atomic mass is 10.0. The van der Waals surface area contributed by atoms with E-state index in [-0.39, 0.29) is 11.6 Å². The van der Waals surface area contributed by atoms with Gasteiger partial charge in [-0.3, -0.25) is 0 Å². The fourth-order valence-electron chi connectivity index (χ4n) is 1.97. The number of hydrogen-bond donors (Lipinski definition) is 1. The molecule has 0 fully saturated rings. The van der Waals surface area contributed by atoms with Crippen LogP contribution in [0.2, 0.25) is 0 Å². The molecule has 0 saturated carbocycles. The van der Waals surface area contributed by atoms with Crippen LogP contribution in [0.5, 0.6) is 0 Å². The number of oxazole rings is 1. The third-order valence-corrected chi connectivity index (χ3v) is 4.29. The summed E-state index contributed by atoms with van der Waals surface area (Å²) in [5.74, 6) is 1.14. The van der Waals surface area contributed by atoms with Crippen LogP contribution in [-0.4, -0.2) is 11.2 Å². The second-order valence-electron chi connectivity index (χ2n) is 4.69. The first-order valence-corrected chi connectivity index (χ1v) is 7.81. The van der Waals surface area contributed by atoms with Crippen molar-refractivity contribution in [2.75, 3.05) is 5.43 Å². The molecule has 2 aromatic rings. The van der Waals surface area contributed by atoms with Gasteiger partial charge in [-0.25, -0.2) is 10.4 Å². The van der Waals surface area contributed by atoms with Gasteiger partial charge in [0.05, 0.1) is 6.21 Å². The Bertz CT molecular complexity index is 662. The van der Waals surface area contributed by atoms with Gasteiger partial charge in [0.1, 0.15) is 6.07 Å². The summed E-state index contributed by atoms with van der Waals surface area (Å²) in [6.07, 6.45) is 3.58. The van der Waals surface area contributed by atoms with Gasteiger partial charge >= 0.3 is 0 Å². The molecule has 21 heavy (non-hydrogen) atoms. The van der Waals surface area contributed by atoms with Crippen molar-refractivity contribution in [3.05, 3.63) is 33.5 Å². The minimum absolute atomic E-state index is 0.233. The topological polar surface area (TPSA) is 74.2 Å². The molecule has 2 rings (SSSR count). The number of hydrogen-bond acceptors (Lipinski definition) is 6. The zero-order chi connectivity index (χ0) is 15.2. The average Bonchev–Trinajstić information content (AvgIpc) is 3.07. The lowest BCUT2D eigenvalue weighted by Gasteiger charge is -2.05. The molecule has 0 amide bonds. The molecule has 0 radical (unpaired) electrons. The smallest absolute Gasteiger partial charge is 0.252 e. The van der Waals surface area contributed by atoms with Crippen LogP contribution in [-0.2, 0) is 0 Å². The van der Waals surface area contributed by atoms with Gasteiger partial charge in [0.2, 0.25) is 11.6 Å². The maximum absolute atomic E-state index is 9.12. The van der Waals surface area contributed by atoms with E-state index in [1.54, 1.807) is 17.6 Å². The molecule has 2 aromatic heterocycles. The highest BCUT2D eigenvalue weighted by Crippen LogP contribution is 2.27. The van der Waals surface area contributed by atoms with Crippen molar-refractivity contribution < 1.29 is 4.42 Å². The third kappa shape index (κ3) is 3.50. The Morgan fingerprint density at radius 2 is 2.29 bits per heavy atom. The van der Waals surface area contributed by atoms with Gasteiger partial charge in [0, 0.05) is 10.8 Å². The van der Waals surface area contributed by atoms with Gasteiger partial charge in [0.15, 0.2) is 0 Å². The van der Waals surface area contributed by atoms with Gasteiger partial charge in [-0.2, -0.15) is 10.4 Å². The first-order chi connectivity index (χ1) is 10.2. The quantitative estimate of drug-likeness (QED) is 0.639. The summed E-state index contributed by atoms with van der Waals surface area (Å²) in [5.41, 5.74) is 4.19. The molecule has 0 bridgehead atoms. The van der Waals surface area contributed by atoms with Gasteiger partial charge in [-0.1, -0.05) is 13.8 Å². The molecular weight excluding hydrogens is 284 g/mol. The Kier molecular flexibility index (Phi) is 5.12. The molecule has 2 heterocycles. The van der Waals surface area contributed by atoms with Gasteiger partial charge in [0.25, 0.3) is 5.88 Å². The van der Waals surface area contributed by atoms with E-state index < -0.39 is 0 Å². The van der Waals surface area contributed by atoms with E-state index in [0.717, 1.165) is 17.7 Å². The van der Waals surface area contributed by atoms with Gasteiger partial charge in [-0.15, -0.1) is 11.3 Å². The zero-order valence-electron chi connectivity index (χ0n) is 12.4. The van der Waals surface area contributed by atoms with Crippen molar-refractivity contribution >= 4 is 23.4 Å². The van der Waals surface area contributed by atoms with E-state index in [2.05, 4.69) is 29.4 Å².